The van der Waals surface area contributed by atoms with Crippen molar-refractivity contribution in [3.8, 4) is 11.5 Å². The highest BCUT2D eigenvalue weighted by atomic mass is 35.5. The number of nitrogens with one attached hydrogen (secondary N) is 1. The first-order valence-corrected chi connectivity index (χ1v) is 8.75. The van der Waals surface area contributed by atoms with Crippen LogP contribution in [0.5, 0.6) is 11.5 Å². The van der Waals surface area contributed by atoms with E-state index in [4.69, 9.17) is 22.1 Å². The lowest BCUT2D eigenvalue weighted by Gasteiger charge is -2.07. The van der Waals surface area contributed by atoms with Gasteiger partial charge >= 0.3 is 0 Å². The predicted molar refractivity (Wildman–Crippen MR) is 107 cm³/mol. The Kier molecular flexibility index (Phi) is 4.50. The Morgan fingerprint density at radius 3 is 2.69 bits per heavy atom. The van der Waals surface area contributed by atoms with E-state index in [-0.39, 0.29) is 0 Å². The minimum absolute atomic E-state index is 0.587. The molecular formula is C21H18ClN3O. The van der Waals surface area contributed by atoms with E-state index in [9.17, 15) is 0 Å². The summed E-state index contributed by atoms with van der Waals surface area (Å²) in [5.74, 6) is 2.48. The van der Waals surface area contributed by atoms with Gasteiger partial charge in [-0.1, -0.05) is 29.8 Å². The molecule has 0 atom stereocenters. The summed E-state index contributed by atoms with van der Waals surface area (Å²) in [6, 6.07) is 21.2. The van der Waals surface area contributed by atoms with Crippen LogP contribution in [0, 0.1) is 0 Å². The van der Waals surface area contributed by atoms with Crippen molar-refractivity contribution >= 4 is 28.8 Å². The molecule has 26 heavy (non-hydrogen) atoms. The number of hydrogen-bond acceptors (Lipinski definition) is 3. The van der Waals surface area contributed by atoms with Crippen LogP contribution < -0.4 is 15.8 Å². The van der Waals surface area contributed by atoms with Crippen molar-refractivity contribution in [2.75, 3.05) is 11.1 Å². The van der Waals surface area contributed by atoms with E-state index in [1.807, 2.05) is 66.7 Å². The molecule has 130 valence electrons. The highest BCUT2D eigenvalue weighted by Gasteiger charge is 2.15. The maximum absolute atomic E-state index is 5.90. The van der Waals surface area contributed by atoms with Crippen molar-refractivity contribution in [1.29, 1.82) is 0 Å². The van der Waals surface area contributed by atoms with Gasteiger partial charge in [0.2, 0.25) is 0 Å². The van der Waals surface area contributed by atoms with Gasteiger partial charge in [0, 0.05) is 22.8 Å². The van der Waals surface area contributed by atoms with E-state index < -0.39 is 0 Å². The van der Waals surface area contributed by atoms with Crippen molar-refractivity contribution in [1.82, 2.24) is 0 Å². The number of hydrogen-bond donors (Lipinski definition) is 2. The molecule has 0 unspecified atom stereocenters. The van der Waals surface area contributed by atoms with Gasteiger partial charge in [-0.15, -0.1) is 0 Å². The first-order chi connectivity index (χ1) is 12.7. The molecule has 1 aliphatic rings. The van der Waals surface area contributed by atoms with Gasteiger partial charge in [0.05, 0.1) is 6.54 Å². The average molecular weight is 364 g/mol. The van der Waals surface area contributed by atoms with Crippen LogP contribution in [0.15, 0.2) is 71.7 Å². The number of nitrogens with zero attached hydrogens (tertiary/aromatic N) is 1. The zero-order valence-corrected chi connectivity index (χ0v) is 14.8. The number of halogens is 1. The fourth-order valence-corrected chi connectivity index (χ4v) is 3.00. The molecule has 1 heterocycles. The lowest BCUT2D eigenvalue weighted by atomic mass is 10.1. The molecule has 3 N–H and O–H groups in total. The fourth-order valence-electron chi connectivity index (χ4n) is 2.87. The van der Waals surface area contributed by atoms with Crippen LogP contribution in [0.25, 0.3) is 0 Å². The Labute approximate surface area is 157 Å². The number of ether oxygens (including phenoxy) is 1. The second-order valence-corrected chi connectivity index (χ2v) is 6.62. The number of benzene rings is 3. The van der Waals surface area contributed by atoms with Crippen LogP contribution in [0.4, 0.5) is 11.4 Å². The Morgan fingerprint density at radius 1 is 1.00 bits per heavy atom. The zero-order valence-electron chi connectivity index (χ0n) is 14.1. The van der Waals surface area contributed by atoms with Crippen molar-refractivity contribution in [3.05, 3.63) is 82.9 Å². The molecule has 0 bridgehead atoms. The molecule has 1 aliphatic heterocycles. The minimum atomic E-state index is 0.587. The maximum atomic E-state index is 5.90. The third-order valence-corrected chi connectivity index (χ3v) is 4.42. The first-order valence-electron chi connectivity index (χ1n) is 8.37. The van der Waals surface area contributed by atoms with Gasteiger partial charge < -0.3 is 15.8 Å². The van der Waals surface area contributed by atoms with Gasteiger partial charge in [-0.25, -0.2) is 0 Å². The number of fused-ring (bicyclic) bond motifs is 1. The Bertz CT molecular complexity index is 967. The topological polar surface area (TPSA) is 59.6 Å². The van der Waals surface area contributed by atoms with Crippen LogP contribution in [-0.2, 0) is 13.0 Å². The number of amidine groups is 1. The molecule has 0 fully saturated rings. The third-order valence-electron chi connectivity index (χ3n) is 4.17. The number of aliphatic imine (C=N–C) groups is 1. The zero-order chi connectivity index (χ0) is 17.9. The highest BCUT2D eigenvalue weighted by Crippen LogP contribution is 2.27. The fraction of sp³-hybridized carbons (Fsp3) is 0.0952. The van der Waals surface area contributed by atoms with E-state index in [2.05, 4.69) is 10.3 Å². The van der Waals surface area contributed by atoms with Gasteiger partial charge in [-0.3, -0.25) is 4.99 Å². The van der Waals surface area contributed by atoms with Gasteiger partial charge in [-0.05, 0) is 59.7 Å². The molecule has 0 aliphatic carbocycles. The molecular weight excluding hydrogens is 346 g/mol. The molecule has 0 amide bonds. The Morgan fingerprint density at radius 2 is 1.85 bits per heavy atom. The van der Waals surface area contributed by atoms with Crippen LogP contribution in [0.3, 0.4) is 0 Å². The van der Waals surface area contributed by atoms with Crippen LogP contribution >= 0.6 is 11.6 Å². The smallest absolute Gasteiger partial charge is 0.127 e. The number of nitrogen functional groups attached to an aromatic ring is 1. The average Bonchev–Trinajstić information content (AvgIpc) is 3.04. The summed E-state index contributed by atoms with van der Waals surface area (Å²) in [6.45, 7) is 0.587. The normalized spacial score (nSPS) is 14.1. The first kappa shape index (κ1) is 16.5. The lowest BCUT2D eigenvalue weighted by molar-refractivity contribution is 0.482. The summed E-state index contributed by atoms with van der Waals surface area (Å²) < 4.78 is 5.87. The molecule has 3 aromatic rings. The number of nitrogens with two attached hydrogens (primary N) is 1. The van der Waals surface area contributed by atoms with Crippen LogP contribution in [0.1, 0.15) is 11.1 Å². The Balaban J connectivity index is 1.44. The molecule has 0 saturated heterocycles. The van der Waals surface area contributed by atoms with Crippen LogP contribution in [0.2, 0.25) is 5.02 Å². The van der Waals surface area contributed by atoms with Gasteiger partial charge in [-0.2, -0.15) is 0 Å². The third kappa shape index (κ3) is 3.81. The quantitative estimate of drug-likeness (QED) is 0.620. The largest absolute Gasteiger partial charge is 0.457 e. The van der Waals surface area contributed by atoms with Gasteiger partial charge in [0.1, 0.15) is 17.3 Å². The molecule has 3 aromatic carbocycles. The SMILES string of the molecule is Nc1ccc2c(c1)NC(=NCc1cccc(Oc3ccc(Cl)cc3)c1)C2. The van der Waals surface area contributed by atoms with E-state index in [1.54, 1.807) is 0 Å². The minimum Gasteiger partial charge on any atom is -0.457 e. The summed E-state index contributed by atoms with van der Waals surface area (Å²) >= 11 is 5.90. The second kappa shape index (κ2) is 7.10. The van der Waals surface area contributed by atoms with Crippen molar-refractivity contribution in [2.24, 2.45) is 4.99 Å². The van der Waals surface area contributed by atoms with Crippen molar-refractivity contribution < 1.29 is 4.74 Å². The van der Waals surface area contributed by atoms with Crippen LogP contribution in [-0.4, -0.2) is 5.84 Å². The molecule has 4 nitrogen and oxygen atoms in total. The van der Waals surface area contributed by atoms with E-state index >= 15 is 0 Å². The lowest BCUT2D eigenvalue weighted by Crippen LogP contribution is -2.06. The van der Waals surface area contributed by atoms with Gasteiger partial charge in [0.25, 0.3) is 0 Å². The molecule has 0 saturated carbocycles. The molecule has 0 spiro atoms. The monoisotopic (exact) mass is 363 g/mol. The summed E-state index contributed by atoms with van der Waals surface area (Å²) in [5, 5.41) is 4.02. The van der Waals surface area contributed by atoms with E-state index in [1.165, 1.54) is 5.56 Å². The predicted octanol–water partition coefficient (Wildman–Crippen LogP) is 5.28. The molecule has 4 rings (SSSR count). The molecule has 5 heteroatoms. The van der Waals surface area contributed by atoms with Crippen molar-refractivity contribution in [3.63, 3.8) is 0 Å². The number of rotatable bonds is 4. The standard InChI is InChI=1S/C21H18ClN3O/c22-16-5-8-18(9-6-16)26-19-3-1-2-14(10-19)13-24-21-11-15-4-7-17(23)12-20(15)25-21/h1-10,12H,11,13,23H2,(H,24,25). The molecule has 0 aromatic heterocycles. The maximum Gasteiger partial charge on any atom is 0.127 e. The summed E-state index contributed by atoms with van der Waals surface area (Å²) in [4.78, 5) is 4.69. The van der Waals surface area contributed by atoms with Crippen molar-refractivity contribution in [2.45, 2.75) is 13.0 Å². The summed E-state index contributed by atoms with van der Waals surface area (Å²) in [7, 11) is 0. The summed E-state index contributed by atoms with van der Waals surface area (Å²) in [6.07, 6.45) is 0.802. The number of anilines is 2. The highest BCUT2D eigenvalue weighted by molar-refractivity contribution is 6.30. The summed E-state index contributed by atoms with van der Waals surface area (Å²) in [5.41, 5.74) is 9.93. The Hall–Kier alpha value is -2.98. The second-order valence-electron chi connectivity index (χ2n) is 6.18. The van der Waals surface area contributed by atoms with E-state index in [0.29, 0.717) is 11.6 Å². The molecule has 0 radical (unpaired) electrons. The van der Waals surface area contributed by atoms with E-state index in [0.717, 1.165) is 40.7 Å². The van der Waals surface area contributed by atoms with Gasteiger partial charge in [0.15, 0.2) is 0 Å².